The molecule has 0 aromatic heterocycles. The van der Waals surface area contributed by atoms with E-state index in [4.69, 9.17) is 4.74 Å². The maximum absolute atomic E-state index is 11.0. The molecule has 5 heteroatoms. The average Bonchev–Trinajstić information content (AvgIpc) is 2.20. The highest BCUT2D eigenvalue weighted by atomic mass is 79.9. The summed E-state index contributed by atoms with van der Waals surface area (Å²) in [6.45, 7) is 1.40. The molecule has 1 aromatic carbocycles. The smallest absolute Gasteiger partial charge is 0.308 e. The predicted octanol–water partition coefficient (Wildman–Crippen LogP) is 4.60. The molecule has 0 bridgehead atoms. The molecule has 0 amide bonds. The topological polar surface area (TPSA) is 26.3 Å². The van der Waals surface area contributed by atoms with Crippen molar-refractivity contribution >= 4 is 53.8 Å². The largest absolute Gasteiger partial charge is 0.425 e. The maximum atomic E-state index is 11.0. The number of hydrogen-bond donors (Lipinski definition) is 0. The minimum absolute atomic E-state index is 0.165. The molecule has 0 saturated heterocycles. The Kier molecular flexibility index (Phi) is 6.00. The van der Waals surface area contributed by atoms with E-state index >= 15 is 0 Å². The average molecular weight is 415 g/mol. The molecule has 16 heavy (non-hydrogen) atoms. The molecule has 0 radical (unpaired) electrons. The second kappa shape index (κ2) is 6.77. The molecule has 0 saturated carbocycles. The zero-order chi connectivity index (χ0) is 12.1. The molecule has 1 atom stereocenters. The summed E-state index contributed by atoms with van der Waals surface area (Å²) in [5, 5.41) is 0.884. The van der Waals surface area contributed by atoms with Gasteiger partial charge in [-0.3, -0.25) is 4.79 Å². The molecule has 0 aliphatic heterocycles. The van der Waals surface area contributed by atoms with Crippen molar-refractivity contribution in [3.05, 3.63) is 28.2 Å². The summed E-state index contributed by atoms with van der Waals surface area (Å²) >= 11 is 10.4. The first-order valence-corrected chi connectivity index (χ1v) is 7.56. The van der Waals surface area contributed by atoms with Crippen LogP contribution in [0.4, 0.5) is 0 Å². The number of esters is 1. The Balaban J connectivity index is 3.06. The number of hydrogen-bond acceptors (Lipinski definition) is 2. The zero-order valence-corrected chi connectivity index (χ0v) is 13.4. The van der Waals surface area contributed by atoms with Crippen LogP contribution in [0, 0.1) is 0 Å². The molecule has 0 aliphatic carbocycles. The standard InChI is InChI=1S/C11H11Br3O2/c1-7(15)16-11-8(9(13)5-6-12)3-2-4-10(11)14/h2-4,9H,5-6H2,1H3. The number of carbonyl (C=O) groups is 1. The molecule has 0 spiro atoms. The van der Waals surface area contributed by atoms with Crippen molar-refractivity contribution in [1.82, 2.24) is 0 Å². The van der Waals surface area contributed by atoms with Crippen LogP contribution in [0.3, 0.4) is 0 Å². The first-order chi connectivity index (χ1) is 7.56. The highest BCUT2D eigenvalue weighted by Gasteiger charge is 2.16. The fourth-order valence-electron chi connectivity index (χ4n) is 1.27. The van der Waals surface area contributed by atoms with E-state index in [0.29, 0.717) is 5.75 Å². The third-order valence-electron chi connectivity index (χ3n) is 1.94. The zero-order valence-electron chi connectivity index (χ0n) is 8.67. The summed E-state index contributed by atoms with van der Waals surface area (Å²) in [6.07, 6.45) is 0.921. The van der Waals surface area contributed by atoms with Crippen LogP contribution in [0.2, 0.25) is 0 Å². The number of alkyl halides is 2. The first kappa shape index (κ1) is 14.2. The summed E-state index contributed by atoms with van der Waals surface area (Å²) in [7, 11) is 0. The van der Waals surface area contributed by atoms with Crippen molar-refractivity contribution in [3.63, 3.8) is 0 Å². The number of halogens is 3. The maximum Gasteiger partial charge on any atom is 0.308 e. The normalized spacial score (nSPS) is 12.2. The second-order valence-electron chi connectivity index (χ2n) is 3.20. The van der Waals surface area contributed by atoms with Crippen LogP contribution in [0.5, 0.6) is 5.75 Å². The van der Waals surface area contributed by atoms with Gasteiger partial charge in [-0.1, -0.05) is 44.0 Å². The lowest BCUT2D eigenvalue weighted by molar-refractivity contribution is -0.131. The summed E-state index contributed by atoms with van der Waals surface area (Å²) < 4.78 is 6.00. The van der Waals surface area contributed by atoms with Crippen LogP contribution in [-0.4, -0.2) is 11.3 Å². The molecule has 88 valence electrons. The molecular weight excluding hydrogens is 404 g/mol. The Morgan fingerprint density at radius 3 is 2.75 bits per heavy atom. The van der Waals surface area contributed by atoms with Crippen LogP contribution >= 0.6 is 47.8 Å². The quantitative estimate of drug-likeness (QED) is 0.409. The molecule has 2 nitrogen and oxygen atoms in total. The molecule has 0 heterocycles. The molecule has 1 aromatic rings. The van der Waals surface area contributed by atoms with Crippen LogP contribution < -0.4 is 4.74 Å². The molecule has 0 fully saturated rings. The Morgan fingerprint density at radius 2 is 2.19 bits per heavy atom. The van der Waals surface area contributed by atoms with Gasteiger partial charge in [0.05, 0.1) is 4.47 Å². The lowest BCUT2D eigenvalue weighted by atomic mass is 10.1. The van der Waals surface area contributed by atoms with Gasteiger partial charge in [0.2, 0.25) is 0 Å². The van der Waals surface area contributed by atoms with E-state index in [1.807, 2.05) is 18.2 Å². The monoisotopic (exact) mass is 412 g/mol. The summed E-state index contributed by atoms with van der Waals surface area (Å²) in [5.74, 6) is 0.282. The van der Waals surface area contributed by atoms with Gasteiger partial charge in [0.25, 0.3) is 0 Å². The van der Waals surface area contributed by atoms with Gasteiger partial charge in [0.15, 0.2) is 0 Å². The van der Waals surface area contributed by atoms with Crippen LogP contribution in [0.1, 0.15) is 23.7 Å². The van der Waals surface area contributed by atoms with Gasteiger partial charge in [-0.2, -0.15) is 0 Å². The second-order valence-corrected chi connectivity index (χ2v) is 5.95. The van der Waals surface area contributed by atoms with E-state index in [0.717, 1.165) is 21.8 Å². The van der Waals surface area contributed by atoms with Gasteiger partial charge >= 0.3 is 5.97 Å². The number of carbonyl (C=O) groups excluding carboxylic acids is 1. The van der Waals surface area contributed by atoms with E-state index in [1.54, 1.807) is 0 Å². The van der Waals surface area contributed by atoms with E-state index in [-0.39, 0.29) is 10.8 Å². The van der Waals surface area contributed by atoms with Crippen molar-refractivity contribution in [2.75, 3.05) is 5.33 Å². The number of benzene rings is 1. The number of rotatable bonds is 4. The molecular formula is C11H11Br3O2. The minimum Gasteiger partial charge on any atom is -0.425 e. The SMILES string of the molecule is CC(=O)Oc1c(Br)cccc1C(Br)CCBr. The lowest BCUT2D eigenvalue weighted by Gasteiger charge is -2.14. The van der Waals surface area contributed by atoms with E-state index < -0.39 is 0 Å². The Morgan fingerprint density at radius 1 is 1.50 bits per heavy atom. The molecule has 1 rings (SSSR count). The van der Waals surface area contributed by atoms with Crippen molar-refractivity contribution in [1.29, 1.82) is 0 Å². The first-order valence-electron chi connectivity index (χ1n) is 4.73. The predicted molar refractivity (Wildman–Crippen MR) is 75.5 cm³/mol. The molecule has 1 unspecified atom stereocenters. The summed E-state index contributed by atoms with van der Waals surface area (Å²) in [6, 6.07) is 5.73. The van der Waals surface area contributed by atoms with Crippen molar-refractivity contribution in [2.24, 2.45) is 0 Å². The summed E-state index contributed by atoms with van der Waals surface area (Å²) in [4.78, 5) is 11.2. The Bertz CT molecular complexity index is 379. The van der Waals surface area contributed by atoms with Gasteiger partial charge in [-0.15, -0.1) is 0 Å². The van der Waals surface area contributed by atoms with E-state index in [1.165, 1.54) is 6.92 Å². The van der Waals surface area contributed by atoms with Gasteiger partial charge in [-0.25, -0.2) is 0 Å². The number of para-hydroxylation sites is 1. The van der Waals surface area contributed by atoms with Gasteiger partial charge in [0.1, 0.15) is 5.75 Å². The highest BCUT2D eigenvalue weighted by Crippen LogP contribution is 2.38. The van der Waals surface area contributed by atoms with Crippen molar-refractivity contribution in [2.45, 2.75) is 18.2 Å². The van der Waals surface area contributed by atoms with Gasteiger partial charge < -0.3 is 4.74 Å². The minimum atomic E-state index is -0.313. The van der Waals surface area contributed by atoms with Crippen molar-refractivity contribution in [3.8, 4) is 5.75 Å². The molecule has 0 N–H and O–H groups in total. The Hall–Kier alpha value is 0.130. The lowest BCUT2D eigenvalue weighted by Crippen LogP contribution is -2.05. The summed E-state index contributed by atoms with van der Waals surface area (Å²) in [5.41, 5.74) is 0.976. The Labute approximate surface area is 120 Å². The van der Waals surface area contributed by atoms with Gasteiger partial charge in [-0.05, 0) is 28.4 Å². The third kappa shape index (κ3) is 3.86. The fourth-order valence-corrected chi connectivity index (χ4v) is 3.40. The highest BCUT2D eigenvalue weighted by molar-refractivity contribution is 9.10. The van der Waals surface area contributed by atoms with E-state index in [2.05, 4.69) is 47.8 Å². The van der Waals surface area contributed by atoms with Crippen LogP contribution in [0.15, 0.2) is 22.7 Å². The molecule has 0 aliphatic rings. The van der Waals surface area contributed by atoms with Gasteiger partial charge in [0, 0.05) is 22.6 Å². The van der Waals surface area contributed by atoms with Crippen molar-refractivity contribution < 1.29 is 9.53 Å². The third-order valence-corrected chi connectivity index (χ3v) is 3.98. The fraction of sp³-hybridized carbons (Fsp3) is 0.364. The van der Waals surface area contributed by atoms with Crippen LogP contribution in [0.25, 0.3) is 0 Å². The number of ether oxygens (including phenoxy) is 1. The van der Waals surface area contributed by atoms with Crippen LogP contribution in [-0.2, 0) is 4.79 Å². The van der Waals surface area contributed by atoms with E-state index in [9.17, 15) is 4.79 Å².